The van der Waals surface area contributed by atoms with Crippen LogP contribution in [0.15, 0.2) is 18.2 Å². The molecule has 1 amide bonds. The van der Waals surface area contributed by atoms with Crippen molar-refractivity contribution in [1.29, 1.82) is 0 Å². The smallest absolute Gasteiger partial charge is 0.229 e. The SMILES string of the molecule is Cc1cc(N2CC(O)CC2=O)ccc1Cl. The van der Waals surface area contributed by atoms with E-state index in [-0.39, 0.29) is 12.3 Å². The van der Waals surface area contributed by atoms with Crippen molar-refractivity contribution in [2.24, 2.45) is 0 Å². The number of aliphatic hydroxyl groups excluding tert-OH is 1. The number of nitrogens with zero attached hydrogens (tertiary/aromatic N) is 1. The van der Waals surface area contributed by atoms with E-state index in [0.717, 1.165) is 11.3 Å². The molecule has 1 fully saturated rings. The molecule has 1 heterocycles. The number of hydrogen-bond donors (Lipinski definition) is 1. The second-order valence-corrected chi connectivity index (χ2v) is 4.20. The number of carbonyl (C=O) groups is 1. The molecule has 4 heteroatoms. The molecule has 0 aromatic heterocycles. The number of benzene rings is 1. The predicted octanol–water partition coefficient (Wildman–Crippen LogP) is 1.75. The van der Waals surface area contributed by atoms with Gasteiger partial charge in [0.1, 0.15) is 0 Å². The first-order chi connectivity index (χ1) is 7.08. The van der Waals surface area contributed by atoms with Gasteiger partial charge in [-0.1, -0.05) is 11.6 Å². The molecule has 0 saturated carbocycles. The van der Waals surface area contributed by atoms with Crippen LogP contribution in [0.5, 0.6) is 0 Å². The Hall–Kier alpha value is -1.06. The Bertz CT molecular complexity index is 406. The number of halogens is 1. The molecule has 15 heavy (non-hydrogen) atoms. The summed E-state index contributed by atoms with van der Waals surface area (Å²) in [6, 6.07) is 5.42. The first kappa shape index (κ1) is 10.5. The summed E-state index contributed by atoms with van der Waals surface area (Å²) in [6.07, 6.45) is -0.338. The highest BCUT2D eigenvalue weighted by Gasteiger charge is 2.28. The fourth-order valence-electron chi connectivity index (χ4n) is 1.74. The fourth-order valence-corrected chi connectivity index (χ4v) is 1.85. The van der Waals surface area contributed by atoms with Gasteiger partial charge in [-0.05, 0) is 30.7 Å². The van der Waals surface area contributed by atoms with Crippen LogP contribution >= 0.6 is 11.6 Å². The first-order valence-electron chi connectivity index (χ1n) is 4.82. The summed E-state index contributed by atoms with van der Waals surface area (Å²) in [4.78, 5) is 13.1. The van der Waals surface area contributed by atoms with Crippen LogP contribution in [0.4, 0.5) is 5.69 Å². The number of rotatable bonds is 1. The molecule has 0 spiro atoms. The van der Waals surface area contributed by atoms with Gasteiger partial charge in [0.25, 0.3) is 0 Å². The zero-order chi connectivity index (χ0) is 11.0. The average molecular weight is 226 g/mol. The van der Waals surface area contributed by atoms with E-state index in [0.29, 0.717) is 11.6 Å². The van der Waals surface area contributed by atoms with E-state index in [4.69, 9.17) is 11.6 Å². The highest BCUT2D eigenvalue weighted by Crippen LogP contribution is 2.25. The van der Waals surface area contributed by atoms with Gasteiger partial charge in [0.2, 0.25) is 5.91 Å². The molecule has 1 aromatic carbocycles. The van der Waals surface area contributed by atoms with Gasteiger partial charge in [0, 0.05) is 10.7 Å². The molecular weight excluding hydrogens is 214 g/mol. The van der Waals surface area contributed by atoms with E-state index in [1.807, 2.05) is 13.0 Å². The second kappa shape index (κ2) is 3.83. The highest BCUT2D eigenvalue weighted by molar-refractivity contribution is 6.31. The van der Waals surface area contributed by atoms with Crippen molar-refractivity contribution in [3.63, 3.8) is 0 Å². The fraction of sp³-hybridized carbons (Fsp3) is 0.364. The van der Waals surface area contributed by atoms with E-state index in [9.17, 15) is 9.90 Å². The van der Waals surface area contributed by atoms with Crippen molar-refractivity contribution in [1.82, 2.24) is 0 Å². The number of carbonyl (C=O) groups excluding carboxylic acids is 1. The largest absolute Gasteiger partial charge is 0.391 e. The van der Waals surface area contributed by atoms with Crippen molar-refractivity contribution in [2.45, 2.75) is 19.4 Å². The molecule has 3 nitrogen and oxygen atoms in total. The van der Waals surface area contributed by atoms with E-state index < -0.39 is 6.10 Å². The summed E-state index contributed by atoms with van der Waals surface area (Å²) < 4.78 is 0. The third kappa shape index (κ3) is 1.98. The topological polar surface area (TPSA) is 40.5 Å². The molecule has 1 unspecified atom stereocenters. The highest BCUT2D eigenvalue weighted by atomic mass is 35.5. The van der Waals surface area contributed by atoms with Gasteiger partial charge in [-0.3, -0.25) is 4.79 Å². The van der Waals surface area contributed by atoms with Crippen LogP contribution in [0.2, 0.25) is 5.02 Å². The van der Waals surface area contributed by atoms with E-state index in [1.54, 1.807) is 17.0 Å². The van der Waals surface area contributed by atoms with E-state index >= 15 is 0 Å². The zero-order valence-electron chi connectivity index (χ0n) is 8.40. The van der Waals surface area contributed by atoms with Gasteiger partial charge < -0.3 is 10.0 Å². The summed E-state index contributed by atoms with van der Waals surface area (Å²) in [5.74, 6) is -0.0378. The van der Waals surface area contributed by atoms with Crippen LogP contribution in [0, 0.1) is 6.92 Å². The molecule has 1 aliphatic rings. The monoisotopic (exact) mass is 225 g/mol. The standard InChI is InChI=1S/C11H12ClNO2/c1-7-4-8(2-3-10(7)12)13-6-9(14)5-11(13)15/h2-4,9,14H,5-6H2,1H3. The molecule has 1 aromatic rings. The van der Waals surface area contributed by atoms with Crippen molar-refractivity contribution in [3.05, 3.63) is 28.8 Å². The first-order valence-corrected chi connectivity index (χ1v) is 5.20. The average Bonchev–Trinajstić information content (AvgIpc) is 2.50. The van der Waals surface area contributed by atoms with Crippen LogP contribution in [-0.4, -0.2) is 23.7 Å². The lowest BCUT2D eigenvalue weighted by molar-refractivity contribution is -0.117. The normalized spacial score (nSPS) is 21.1. The maximum Gasteiger partial charge on any atom is 0.229 e. The third-order valence-electron chi connectivity index (χ3n) is 2.56. The number of aryl methyl sites for hydroxylation is 1. The molecule has 0 aliphatic carbocycles. The minimum Gasteiger partial charge on any atom is -0.391 e. The van der Waals surface area contributed by atoms with E-state index in [1.165, 1.54) is 0 Å². The minimum absolute atomic E-state index is 0.0378. The van der Waals surface area contributed by atoms with Crippen LogP contribution in [-0.2, 0) is 4.79 Å². The lowest BCUT2D eigenvalue weighted by Crippen LogP contribution is -2.25. The quantitative estimate of drug-likeness (QED) is 0.791. The van der Waals surface area contributed by atoms with Gasteiger partial charge >= 0.3 is 0 Å². The number of amides is 1. The van der Waals surface area contributed by atoms with Gasteiger partial charge in [-0.25, -0.2) is 0 Å². The van der Waals surface area contributed by atoms with Crippen LogP contribution in [0.1, 0.15) is 12.0 Å². The summed E-state index contributed by atoms with van der Waals surface area (Å²) >= 11 is 5.90. The Morgan fingerprint density at radius 3 is 2.80 bits per heavy atom. The predicted molar refractivity (Wildman–Crippen MR) is 59.2 cm³/mol. The molecule has 2 rings (SSSR count). The Labute approximate surface area is 93.3 Å². The summed E-state index contributed by atoms with van der Waals surface area (Å²) in [5.41, 5.74) is 1.74. The Morgan fingerprint density at radius 2 is 2.27 bits per heavy atom. The van der Waals surface area contributed by atoms with Crippen LogP contribution in [0.25, 0.3) is 0 Å². The second-order valence-electron chi connectivity index (χ2n) is 3.80. The molecule has 1 saturated heterocycles. The van der Waals surface area contributed by atoms with Crippen molar-refractivity contribution >= 4 is 23.2 Å². The van der Waals surface area contributed by atoms with Crippen LogP contribution in [0.3, 0.4) is 0 Å². The van der Waals surface area contributed by atoms with Crippen molar-refractivity contribution in [3.8, 4) is 0 Å². The number of aliphatic hydroxyl groups is 1. The van der Waals surface area contributed by atoms with E-state index in [2.05, 4.69) is 0 Å². The molecule has 1 N–H and O–H groups in total. The lowest BCUT2D eigenvalue weighted by Gasteiger charge is -2.16. The molecule has 0 radical (unpaired) electrons. The third-order valence-corrected chi connectivity index (χ3v) is 2.98. The molecule has 0 bridgehead atoms. The van der Waals surface area contributed by atoms with Gasteiger partial charge in [0.15, 0.2) is 0 Å². The van der Waals surface area contributed by atoms with Crippen LogP contribution < -0.4 is 4.90 Å². The van der Waals surface area contributed by atoms with Gasteiger partial charge in [0.05, 0.1) is 19.1 Å². The number of anilines is 1. The maximum atomic E-state index is 11.5. The van der Waals surface area contributed by atoms with Crippen molar-refractivity contribution < 1.29 is 9.90 Å². The maximum absolute atomic E-state index is 11.5. The summed E-state index contributed by atoms with van der Waals surface area (Å²) in [5, 5.41) is 10.1. The molecule has 1 aliphatic heterocycles. The number of β-amino-alcohol motifs (C(OH)–C–C–N with tert-alkyl or cyclic N) is 1. The lowest BCUT2D eigenvalue weighted by atomic mass is 10.2. The van der Waals surface area contributed by atoms with Gasteiger partial charge in [-0.2, -0.15) is 0 Å². The molecule has 80 valence electrons. The summed E-state index contributed by atoms with van der Waals surface area (Å²) in [7, 11) is 0. The molecular formula is C11H12ClNO2. The van der Waals surface area contributed by atoms with Gasteiger partial charge in [-0.15, -0.1) is 0 Å². The Kier molecular flexibility index (Phi) is 2.67. The Morgan fingerprint density at radius 1 is 1.53 bits per heavy atom. The zero-order valence-corrected chi connectivity index (χ0v) is 9.16. The molecule has 1 atom stereocenters. The summed E-state index contributed by atoms with van der Waals surface area (Å²) in [6.45, 7) is 2.27. The minimum atomic E-state index is -0.548. The Balaban J connectivity index is 2.30. The number of hydrogen-bond acceptors (Lipinski definition) is 2. The van der Waals surface area contributed by atoms with Crippen molar-refractivity contribution in [2.75, 3.05) is 11.4 Å².